The highest BCUT2D eigenvalue weighted by atomic mass is 19.1. The summed E-state index contributed by atoms with van der Waals surface area (Å²) in [7, 11) is 1.59. The Morgan fingerprint density at radius 3 is 2.06 bits per heavy atom. The number of rotatable bonds is 7. The minimum Gasteiger partial charge on any atom is -0.497 e. The summed E-state index contributed by atoms with van der Waals surface area (Å²) in [4.78, 5) is 23.5. The fourth-order valence-electron chi connectivity index (χ4n) is 2.56. The number of amides is 2. The number of hydrogen-bond donors (Lipinski definition) is 2. The van der Waals surface area contributed by atoms with Crippen molar-refractivity contribution in [2.24, 2.45) is 0 Å². The molecule has 0 atom stereocenters. The molecule has 2 N–H and O–H groups in total. The monoisotopic (exact) mass is 426 g/mol. The molecule has 0 heterocycles. The molecule has 0 bridgehead atoms. The minimum atomic E-state index is -0.211. The van der Waals surface area contributed by atoms with E-state index < -0.39 is 0 Å². The number of nitrogens with one attached hydrogen (secondary N) is 2. The predicted octanol–water partition coefficient (Wildman–Crippen LogP) is 4.30. The van der Waals surface area contributed by atoms with Crippen LogP contribution in [-0.4, -0.2) is 25.5 Å². The summed E-state index contributed by atoms with van der Waals surface area (Å²) in [6, 6.07) is 23.3. The molecule has 0 aliphatic rings. The third kappa shape index (κ3) is 9.58. The first-order chi connectivity index (χ1) is 15.0. The van der Waals surface area contributed by atoms with Crippen LogP contribution < -0.4 is 15.4 Å². The third-order valence-corrected chi connectivity index (χ3v) is 4.31. The van der Waals surface area contributed by atoms with Crippen molar-refractivity contribution in [3.63, 3.8) is 0 Å². The molecular formula is C25H31FN2O3. The Bertz CT molecular complexity index is 933. The zero-order chi connectivity index (χ0) is 22.5. The summed E-state index contributed by atoms with van der Waals surface area (Å²) in [5.74, 6) is 0.173. The van der Waals surface area contributed by atoms with Gasteiger partial charge in [0.05, 0.1) is 20.1 Å². The fourth-order valence-corrected chi connectivity index (χ4v) is 2.56. The molecule has 166 valence electrons. The average molecular weight is 427 g/mol. The maximum Gasteiger partial charge on any atom is 0.239 e. The van der Waals surface area contributed by atoms with Crippen LogP contribution in [0.2, 0.25) is 0 Å². The molecular weight excluding hydrogens is 395 g/mol. The Kier molecular flexibility index (Phi) is 9.75. The van der Waals surface area contributed by atoms with E-state index in [2.05, 4.69) is 10.6 Å². The van der Waals surface area contributed by atoms with Crippen LogP contribution in [0.15, 0.2) is 78.9 Å². The molecule has 0 saturated heterocycles. The van der Waals surface area contributed by atoms with Gasteiger partial charge < -0.3 is 15.4 Å². The number of benzene rings is 3. The number of ether oxygens (including phenoxy) is 1. The van der Waals surface area contributed by atoms with Crippen molar-refractivity contribution in [1.82, 2.24) is 10.6 Å². The summed E-state index contributed by atoms with van der Waals surface area (Å²) in [5, 5.41) is 5.38. The minimum absolute atomic E-state index is 0. The van der Waals surface area contributed by atoms with Gasteiger partial charge in [-0.3, -0.25) is 9.59 Å². The molecule has 3 aromatic carbocycles. The van der Waals surface area contributed by atoms with E-state index in [-0.39, 0.29) is 33.5 Å². The van der Waals surface area contributed by atoms with Gasteiger partial charge in [0.25, 0.3) is 0 Å². The smallest absolute Gasteiger partial charge is 0.239 e. The molecule has 5 nitrogen and oxygen atoms in total. The van der Waals surface area contributed by atoms with E-state index in [1.807, 2.05) is 49.4 Å². The van der Waals surface area contributed by atoms with Crippen LogP contribution in [0.1, 0.15) is 19.5 Å². The summed E-state index contributed by atoms with van der Waals surface area (Å²) in [5.41, 5.74) is 2.98. The Morgan fingerprint density at radius 1 is 0.839 bits per heavy atom. The van der Waals surface area contributed by atoms with Crippen molar-refractivity contribution in [3.8, 4) is 5.75 Å². The molecule has 0 saturated carbocycles. The van der Waals surface area contributed by atoms with E-state index in [0.29, 0.717) is 6.54 Å². The highest BCUT2D eigenvalue weighted by molar-refractivity contribution is 5.85. The zero-order valence-corrected chi connectivity index (χ0v) is 17.7. The molecule has 31 heavy (non-hydrogen) atoms. The largest absolute Gasteiger partial charge is 0.497 e. The highest BCUT2D eigenvalue weighted by Gasteiger charge is 2.06. The van der Waals surface area contributed by atoms with Gasteiger partial charge in [-0.15, -0.1) is 0 Å². The molecule has 0 aliphatic carbocycles. The first kappa shape index (κ1) is 23.6. The SMILES string of the molecule is COc1ccc(CC(=O)NCC(=O)NCc2ccccc2)cc1.Cc1ccc(F)cc1.[HH].[HH]. The van der Waals surface area contributed by atoms with Gasteiger partial charge in [0.1, 0.15) is 11.6 Å². The van der Waals surface area contributed by atoms with Gasteiger partial charge in [-0.05, 0) is 42.3 Å². The molecule has 6 heteroatoms. The van der Waals surface area contributed by atoms with Gasteiger partial charge in [-0.1, -0.05) is 60.2 Å². The van der Waals surface area contributed by atoms with Crippen LogP contribution in [0.3, 0.4) is 0 Å². The van der Waals surface area contributed by atoms with E-state index in [0.717, 1.165) is 22.4 Å². The van der Waals surface area contributed by atoms with E-state index in [1.54, 1.807) is 31.4 Å². The van der Waals surface area contributed by atoms with Gasteiger partial charge in [0, 0.05) is 9.40 Å². The normalized spacial score (nSPS) is 9.77. The quantitative estimate of drug-likeness (QED) is 0.592. The maximum absolute atomic E-state index is 12.1. The van der Waals surface area contributed by atoms with Crippen molar-refractivity contribution in [3.05, 3.63) is 101 Å². The summed E-state index contributed by atoms with van der Waals surface area (Å²) >= 11 is 0. The Hall–Kier alpha value is -3.67. The van der Waals surface area contributed by atoms with Gasteiger partial charge in [0.15, 0.2) is 0 Å². The second kappa shape index (κ2) is 12.8. The number of carbonyl (C=O) groups is 2. The van der Waals surface area contributed by atoms with Crippen LogP contribution in [-0.2, 0) is 22.6 Å². The lowest BCUT2D eigenvalue weighted by molar-refractivity contribution is -0.125. The predicted molar refractivity (Wildman–Crippen MR) is 123 cm³/mol. The second-order valence-electron chi connectivity index (χ2n) is 6.86. The third-order valence-electron chi connectivity index (χ3n) is 4.31. The lowest BCUT2D eigenvalue weighted by atomic mass is 10.1. The van der Waals surface area contributed by atoms with Crippen molar-refractivity contribution >= 4 is 11.8 Å². The topological polar surface area (TPSA) is 67.4 Å². The molecule has 0 aromatic heterocycles. The van der Waals surface area contributed by atoms with Crippen molar-refractivity contribution in [2.45, 2.75) is 19.9 Å². The highest BCUT2D eigenvalue weighted by Crippen LogP contribution is 2.11. The van der Waals surface area contributed by atoms with E-state index >= 15 is 0 Å². The Labute approximate surface area is 185 Å². The van der Waals surface area contributed by atoms with Gasteiger partial charge in [-0.2, -0.15) is 0 Å². The van der Waals surface area contributed by atoms with Crippen LogP contribution in [0, 0.1) is 12.7 Å². The number of methoxy groups -OCH3 is 1. The van der Waals surface area contributed by atoms with Crippen LogP contribution in [0.5, 0.6) is 5.75 Å². The van der Waals surface area contributed by atoms with Crippen LogP contribution in [0.25, 0.3) is 0 Å². The van der Waals surface area contributed by atoms with E-state index in [1.165, 1.54) is 12.1 Å². The van der Waals surface area contributed by atoms with Crippen LogP contribution >= 0.6 is 0 Å². The molecule has 0 fully saturated rings. The van der Waals surface area contributed by atoms with Gasteiger partial charge in [0.2, 0.25) is 11.8 Å². The first-order valence-electron chi connectivity index (χ1n) is 9.88. The van der Waals surface area contributed by atoms with Crippen molar-refractivity contribution in [1.29, 1.82) is 0 Å². The fraction of sp³-hybridized carbons (Fsp3) is 0.200. The molecule has 0 radical (unpaired) electrons. The van der Waals surface area contributed by atoms with E-state index in [9.17, 15) is 14.0 Å². The molecule has 2 amide bonds. The molecule has 0 unspecified atom stereocenters. The van der Waals surface area contributed by atoms with Gasteiger partial charge >= 0.3 is 0 Å². The van der Waals surface area contributed by atoms with E-state index in [4.69, 9.17) is 4.74 Å². The Morgan fingerprint density at radius 2 is 1.48 bits per heavy atom. The summed E-state index contributed by atoms with van der Waals surface area (Å²) in [6.45, 7) is 2.36. The number of aryl methyl sites for hydroxylation is 1. The number of halogens is 1. The van der Waals surface area contributed by atoms with Crippen LogP contribution in [0.4, 0.5) is 4.39 Å². The number of hydrogen-bond acceptors (Lipinski definition) is 3. The van der Waals surface area contributed by atoms with Crippen molar-refractivity contribution in [2.75, 3.05) is 13.7 Å². The standard InChI is InChI=1S/C18H20N2O3.C7H7F.2H2/c1-23-16-9-7-14(8-10-16)11-17(21)20-13-18(22)19-12-15-5-3-2-4-6-15;1-6-2-4-7(8)5-3-6;;/h2-10H,11-13H2,1H3,(H,19,22)(H,20,21);2-5H,1H3;2*1H. The Balaban J connectivity index is 0.000000870. The molecule has 0 aliphatic heterocycles. The second-order valence-corrected chi connectivity index (χ2v) is 6.86. The first-order valence-corrected chi connectivity index (χ1v) is 9.88. The van der Waals surface area contributed by atoms with Crippen molar-refractivity contribution < 1.29 is 21.6 Å². The zero-order valence-electron chi connectivity index (χ0n) is 17.7. The number of carbonyl (C=O) groups excluding carboxylic acids is 2. The molecule has 3 aromatic rings. The lowest BCUT2D eigenvalue weighted by Crippen LogP contribution is -2.37. The molecule has 3 rings (SSSR count). The average Bonchev–Trinajstić information content (AvgIpc) is 2.80. The lowest BCUT2D eigenvalue weighted by Gasteiger charge is -2.07. The maximum atomic E-state index is 12.1. The summed E-state index contributed by atoms with van der Waals surface area (Å²) in [6.07, 6.45) is 0.232. The molecule has 0 spiro atoms. The summed E-state index contributed by atoms with van der Waals surface area (Å²) < 4.78 is 17.1. The van der Waals surface area contributed by atoms with Gasteiger partial charge in [-0.25, -0.2) is 4.39 Å².